The first-order valence-electron chi connectivity index (χ1n) is 7.01. The molecular weight excluding hydrogens is 270 g/mol. The molecule has 1 unspecified atom stereocenters. The molecule has 0 aliphatic rings. The number of nitrogens with one attached hydrogen (secondary N) is 1. The average Bonchev–Trinajstić information content (AvgIpc) is 3.09. The van der Waals surface area contributed by atoms with E-state index in [1.807, 2.05) is 25.3 Å². The molecule has 0 spiro atoms. The number of hydrogen-bond acceptors (Lipinski definition) is 3. The van der Waals surface area contributed by atoms with Gasteiger partial charge < -0.3 is 5.32 Å². The topological polar surface area (TPSA) is 46.9 Å². The van der Waals surface area contributed by atoms with Gasteiger partial charge >= 0.3 is 0 Å². The molecule has 0 aromatic carbocycles. The fourth-order valence-corrected chi connectivity index (χ4v) is 3.01. The molecular formula is C15H21N3OS. The highest BCUT2D eigenvalue weighted by atomic mass is 32.1. The molecule has 0 aliphatic heterocycles. The summed E-state index contributed by atoms with van der Waals surface area (Å²) in [4.78, 5) is 13.6. The Morgan fingerprint density at radius 3 is 2.85 bits per heavy atom. The Labute approximate surface area is 123 Å². The molecule has 5 heteroatoms. The number of aromatic nitrogens is 2. The van der Waals surface area contributed by atoms with E-state index >= 15 is 0 Å². The molecule has 2 rings (SSSR count). The van der Waals surface area contributed by atoms with E-state index in [-0.39, 0.29) is 18.0 Å². The number of thiophene rings is 1. The molecule has 1 N–H and O–H groups in total. The zero-order chi connectivity index (χ0) is 14.5. The van der Waals surface area contributed by atoms with Crippen molar-refractivity contribution < 1.29 is 4.79 Å². The molecule has 0 bridgehead atoms. The first kappa shape index (κ1) is 14.8. The Hall–Kier alpha value is -1.62. The molecule has 0 saturated carbocycles. The lowest BCUT2D eigenvalue weighted by molar-refractivity contribution is 0.0922. The van der Waals surface area contributed by atoms with Crippen molar-refractivity contribution in [1.82, 2.24) is 15.1 Å². The zero-order valence-electron chi connectivity index (χ0n) is 12.2. The molecule has 4 nitrogen and oxygen atoms in total. The van der Waals surface area contributed by atoms with Crippen LogP contribution < -0.4 is 5.32 Å². The van der Waals surface area contributed by atoms with Crippen molar-refractivity contribution in [3.05, 3.63) is 40.3 Å². The van der Waals surface area contributed by atoms with Gasteiger partial charge in [0.15, 0.2) is 0 Å². The molecule has 0 saturated heterocycles. The first-order valence-corrected chi connectivity index (χ1v) is 7.89. The minimum Gasteiger partial charge on any atom is -0.343 e. The number of carbonyl (C=O) groups is 1. The Morgan fingerprint density at radius 2 is 2.25 bits per heavy atom. The van der Waals surface area contributed by atoms with Crippen molar-refractivity contribution in [2.45, 2.75) is 45.7 Å². The van der Waals surface area contributed by atoms with Gasteiger partial charge in [-0.05, 0) is 37.8 Å². The molecule has 1 amide bonds. The molecule has 0 aliphatic carbocycles. The van der Waals surface area contributed by atoms with Gasteiger partial charge in [0, 0.05) is 17.1 Å². The highest BCUT2D eigenvalue weighted by Crippen LogP contribution is 2.23. The standard InChI is InChI=1S/C15H21N3OS/c1-4-6-12(14-7-5-10-20-14)17-15(19)13-8-9-16-18(13)11(2)3/h5,7-12H,4,6H2,1-3H3,(H,17,19). The van der Waals surface area contributed by atoms with Crippen molar-refractivity contribution in [1.29, 1.82) is 0 Å². The maximum atomic E-state index is 12.4. The van der Waals surface area contributed by atoms with E-state index in [1.165, 1.54) is 4.88 Å². The summed E-state index contributed by atoms with van der Waals surface area (Å²) in [5.41, 5.74) is 0.623. The van der Waals surface area contributed by atoms with Crippen LogP contribution in [0.5, 0.6) is 0 Å². The van der Waals surface area contributed by atoms with Gasteiger partial charge in [-0.15, -0.1) is 11.3 Å². The van der Waals surface area contributed by atoms with Crippen LogP contribution in [0.3, 0.4) is 0 Å². The van der Waals surface area contributed by atoms with Crippen LogP contribution in [-0.4, -0.2) is 15.7 Å². The van der Waals surface area contributed by atoms with Crippen molar-refractivity contribution in [2.75, 3.05) is 0 Å². The van der Waals surface area contributed by atoms with Gasteiger partial charge in [0.05, 0.1) is 6.04 Å². The monoisotopic (exact) mass is 291 g/mol. The third-order valence-corrected chi connectivity index (χ3v) is 4.15. The van der Waals surface area contributed by atoms with E-state index in [2.05, 4.69) is 23.4 Å². The summed E-state index contributed by atoms with van der Waals surface area (Å²) >= 11 is 1.68. The third kappa shape index (κ3) is 3.28. The summed E-state index contributed by atoms with van der Waals surface area (Å²) in [7, 11) is 0. The van der Waals surface area contributed by atoms with Crippen molar-refractivity contribution in [3.8, 4) is 0 Å². The highest BCUT2D eigenvalue weighted by molar-refractivity contribution is 7.10. The Balaban J connectivity index is 2.14. The van der Waals surface area contributed by atoms with Crippen LogP contribution in [0.1, 0.15) is 61.1 Å². The lowest BCUT2D eigenvalue weighted by Crippen LogP contribution is -2.30. The van der Waals surface area contributed by atoms with Crippen LogP contribution in [0, 0.1) is 0 Å². The molecule has 20 heavy (non-hydrogen) atoms. The second kappa shape index (κ2) is 6.70. The Kier molecular flexibility index (Phi) is 4.95. The van der Waals surface area contributed by atoms with E-state index in [9.17, 15) is 4.79 Å². The van der Waals surface area contributed by atoms with Gasteiger partial charge in [-0.3, -0.25) is 9.48 Å². The van der Waals surface area contributed by atoms with E-state index in [4.69, 9.17) is 0 Å². The van der Waals surface area contributed by atoms with Crippen LogP contribution in [0.25, 0.3) is 0 Å². The van der Waals surface area contributed by atoms with E-state index in [0.29, 0.717) is 5.69 Å². The quantitative estimate of drug-likeness (QED) is 0.880. The molecule has 1 atom stereocenters. The van der Waals surface area contributed by atoms with E-state index < -0.39 is 0 Å². The minimum atomic E-state index is -0.0527. The third-order valence-electron chi connectivity index (χ3n) is 3.16. The Bertz CT molecular complexity index is 545. The van der Waals surface area contributed by atoms with Crippen LogP contribution >= 0.6 is 11.3 Å². The van der Waals surface area contributed by atoms with Crippen molar-refractivity contribution in [2.24, 2.45) is 0 Å². The van der Waals surface area contributed by atoms with Gasteiger partial charge in [0.25, 0.3) is 5.91 Å². The lowest BCUT2D eigenvalue weighted by Gasteiger charge is -2.18. The van der Waals surface area contributed by atoms with E-state index in [1.54, 1.807) is 28.3 Å². The number of amides is 1. The predicted molar refractivity (Wildman–Crippen MR) is 82.0 cm³/mol. The zero-order valence-corrected chi connectivity index (χ0v) is 13.0. The number of carbonyl (C=O) groups excluding carboxylic acids is 1. The fraction of sp³-hybridized carbons (Fsp3) is 0.467. The summed E-state index contributed by atoms with van der Waals surface area (Å²) < 4.78 is 1.76. The first-order chi connectivity index (χ1) is 9.63. The average molecular weight is 291 g/mol. The number of hydrogen-bond donors (Lipinski definition) is 1. The maximum Gasteiger partial charge on any atom is 0.270 e. The summed E-state index contributed by atoms with van der Waals surface area (Å²) in [6.45, 7) is 6.17. The minimum absolute atomic E-state index is 0.0527. The van der Waals surface area contributed by atoms with Gasteiger partial charge in [-0.1, -0.05) is 19.4 Å². The highest BCUT2D eigenvalue weighted by Gasteiger charge is 2.19. The van der Waals surface area contributed by atoms with Gasteiger partial charge in [0.2, 0.25) is 0 Å². The van der Waals surface area contributed by atoms with Crippen LogP contribution in [-0.2, 0) is 0 Å². The predicted octanol–water partition coefficient (Wildman–Crippen LogP) is 3.80. The maximum absolute atomic E-state index is 12.4. The Morgan fingerprint density at radius 1 is 1.45 bits per heavy atom. The summed E-state index contributed by atoms with van der Waals surface area (Å²) in [6.07, 6.45) is 3.66. The molecule has 2 aromatic rings. The van der Waals surface area contributed by atoms with Crippen molar-refractivity contribution >= 4 is 17.2 Å². The summed E-state index contributed by atoms with van der Waals surface area (Å²) in [6, 6.07) is 6.13. The van der Waals surface area contributed by atoms with Crippen LogP contribution in [0.2, 0.25) is 0 Å². The SMILES string of the molecule is CCCC(NC(=O)c1ccnn1C(C)C)c1cccs1. The fourth-order valence-electron chi connectivity index (χ4n) is 2.20. The second-order valence-electron chi connectivity index (χ2n) is 5.08. The lowest BCUT2D eigenvalue weighted by atomic mass is 10.1. The van der Waals surface area contributed by atoms with E-state index in [0.717, 1.165) is 12.8 Å². The van der Waals surface area contributed by atoms with Gasteiger partial charge in [-0.2, -0.15) is 5.10 Å². The number of rotatable bonds is 6. The molecule has 2 heterocycles. The number of nitrogens with zero attached hydrogens (tertiary/aromatic N) is 2. The van der Waals surface area contributed by atoms with Crippen LogP contribution in [0.15, 0.2) is 29.8 Å². The van der Waals surface area contributed by atoms with Crippen molar-refractivity contribution in [3.63, 3.8) is 0 Å². The molecule has 108 valence electrons. The molecule has 0 radical (unpaired) electrons. The molecule has 0 fully saturated rings. The second-order valence-corrected chi connectivity index (χ2v) is 6.06. The normalized spacial score (nSPS) is 12.6. The van der Waals surface area contributed by atoms with Gasteiger partial charge in [0.1, 0.15) is 5.69 Å². The summed E-state index contributed by atoms with van der Waals surface area (Å²) in [5, 5.41) is 9.38. The summed E-state index contributed by atoms with van der Waals surface area (Å²) in [5.74, 6) is -0.0527. The van der Waals surface area contributed by atoms with Crippen LogP contribution in [0.4, 0.5) is 0 Å². The smallest absolute Gasteiger partial charge is 0.270 e. The van der Waals surface area contributed by atoms with Gasteiger partial charge in [-0.25, -0.2) is 0 Å². The largest absolute Gasteiger partial charge is 0.343 e. The molecule has 2 aromatic heterocycles.